The maximum atomic E-state index is 12.8. The van der Waals surface area contributed by atoms with E-state index in [2.05, 4.69) is 39.5 Å². The topological polar surface area (TPSA) is 91.1 Å². The van der Waals surface area contributed by atoms with Crippen LogP contribution in [0.25, 0.3) is 11.1 Å². The molecule has 1 N–H and O–H groups in total. The van der Waals surface area contributed by atoms with E-state index in [1.807, 2.05) is 39.8 Å². The van der Waals surface area contributed by atoms with Gasteiger partial charge in [0.15, 0.2) is 5.69 Å². The van der Waals surface area contributed by atoms with E-state index in [1.54, 1.807) is 12.1 Å². The number of fused-ring (bicyclic) bond motifs is 2. The molecule has 202 valence electrons. The molecule has 2 heterocycles. The molecule has 0 unspecified atom stereocenters. The number of halogens is 2. The number of rotatable bonds is 3. The number of piperidine rings is 1. The lowest BCUT2D eigenvalue weighted by atomic mass is 9.72. The number of carbonyl (C=O) groups excluding carboxylic acids is 1. The maximum absolute atomic E-state index is 12.8. The molecule has 1 atom stereocenters. The molecular formula is C30H31Cl2N5O2. The molecule has 0 saturated carbocycles. The molecule has 1 aliphatic carbocycles. The second-order valence-electron chi connectivity index (χ2n) is 11.3. The van der Waals surface area contributed by atoms with Crippen molar-refractivity contribution in [2.45, 2.75) is 64.0 Å². The van der Waals surface area contributed by atoms with Crippen molar-refractivity contribution in [1.82, 2.24) is 15.3 Å². The number of aromatic nitrogens is 2. The Kier molecular flexibility index (Phi) is 7.21. The van der Waals surface area contributed by atoms with Gasteiger partial charge in [-0.25, -0.2) is 14.8 Å². The highest BCUT2D eigenvalue weighted by Gasteiger charge is 2.50. The van der Waals surface area contributed by atoms with Crippen LogP contribution in [0.3, 0.4) is 0 Å². The Morgan fingerprint density at radius 1 is 1.13 bits per heavy atom. The number of hydrogen-bond acceptors (Lipinski definition) is 6. The van der Waals surface area contributed by atoms with Crippen LogP contribution in [0.4, 0.5) is 10.7 Å². The van der Waals surface area contributed by atoms with Crippen LogP contribution in [0, 0.1) is 18.3 Å². The average Bonchev–Trinajstić information content (AvgIpc) is 3.17. The van der Waals surface area contributed by atoms with E-state index in [0.29, 0.717) is 52.3 Å². The van der Waals surface area contributed by atoms with Crippen molar-refractivity contribution >= 4 is 35.2 Å². The van der Waals surface area contributed by atoms with Crippen molar-refractivity contribution in [3.05, 3.63) is 75.0 Å². The summed E-state index contributed by atoms with van der Waals surface area (Å²) in [4.78, 5) is 24.3. The number of nitriles is 1. The maximum Gasteiger partial charge on any atom is 0.407 e. The summed E-state index contributed by atoms with van der Waals surface area (Å²) in [7, 11) is 0. The number of nitrogens with zero attached hydrogens (tertiary/aromatic N) is 4. The van der Waals surface area contributed by atoms with Crippen molar-refractivity contribution in [2.24, 2.45) is 0 Å². The minimum absolute atomic E-state index is 0.258. The molecule has 1 aliphatic heterocycles. The van der Waals surface area contributed by atoms with Crippen molar-refractivity contribution in [1.29, 1.82) is 5.26 Å². The molecule has 2 aliphatic rings. The number of alkyl carbamates (subject to hydrolysis) is 1. The average molecular weight is 565 g/mol. The zero-order valence-electron chi connectivity index (χ0n) is 22.5. The summed E-state index contributed by atoms with van der Waals surface area (Å²) in [6.45, 7) is 9.00. The molecule has 5 rings (SSSR count). The number of amides is 1. The SMILES string of the molecule is Cc1nc(N2CCC3(CC2)c2ccccc2C[C@H]3OC(=O)NC(C)(C)C)nc(C#N)c1-c1cccc(Cl)c1Cl. The lowest BCUT2D eigenvalue weighted by Gasteiger charge is -2.43. The van der Waals surface area contributed by atoms with Crippen LogP contribution in [-0.2, 0) is 16.6 Å². The van der Waals surface area contributed by atoms with Gasteiger partial charge in [-0.3, -0.25) is 0 Å². The predicted octanol–water partition coefficient (Wildman–Crippen LogP) is 6.62. The monoisotopic (exact) mass is 563 g/mol. The third-order valence-corrected chi connectivity index (χ3v) is 8.46. The third kappa shape index (κ3) is 5.16. The Morgan fingerprint density at radius 3 is 2.54 bits per heavy atom. The molecule has 1 amide bonds. The van der Waals surface area contributed by atoms with E-state index in [4.69, 9.17) is 32.9 Å². The lowest BCUT2D eigenvalue weighted by Crippen LogP contribution is -2.51. The van der Waals surface area contributed by atoms with Gasteiger partial charge < -0.3 is 15.0 Å². The Bertz CT molecular complexity index is 1470. The van der Waals surface area contributed by atoms with Crippen molar-refractivity contribution in [3.63, 3.8) is 0 Å². The molecule has 0 radical (unpaired) electrons. The Balaban J connectivity index is 1.42. The van der Waals surface area contributed by atoms with Crippen LogP contribution in [0.5, 0.6) is 0 Å². The summed E-state index contributed by atoms with van der Waals surface area (Å²) in [5.41, 5.74) is 3.95. The highest BCUT2D eigenvalue weighted by Crippen LogP contribution is 2.48. The van der Waals surface area contributed by atoms with Crippen LogP contribution in [0.15, 0.2) is 42.5 Å². The first kappa shape index (κ1) is 27.2. The van der Waals surface area contributed by atoms with Crippen LogP contribution < -0.4 is 10.2 Å². The van der Waals surface area contributed by atoms with Crippen molar-refractivity contribution in [2.75, 3.05) is 18.0 Å². The second-order valence-corrected chi connectivity index (χ2v) is 12.1. The molecule has 2 aromatic carbocycles. The minimum atomic E-state index is -0.394. The predicted molar refractivity (Wildman–Crippen MR) is 153 cm³/mol. The standard InChI is InChI=1S/C30H31Cl2N5O2/c1-18-25(20-9-7-11-22(31)26(20)32)23(17-33)35-27(34-18)37-14-12-30(13-15-37)21-10-6-5-8-19(21)16-24(30)39-28(38)36-29(2,3)4/h5-11,24H,12-16H2,1-4H3,(H,36,38)/t24-/m1/s1. The Labute approximate surface area is 239 Å². The summed E-state index contributed by atoms with van der Waals surface area (Å²) in [6, 6.07) is 15.9. The zero-order valence-corrected chi connectivity index (χ0v) is 24.0. The van der Waals surface area contributed by atoms with Gasteiger partial charge in [0.2, 0.25) is 5.95 Å². The fraction of sp³-hybridized carbons (Fsp3) is 0.400. The van der Waals surface area contributed by atoms with Gasteiger partial charge >= 0.3 is 6.09 Å². The summed E-state index contributed by atoms with van der Waals surface area (Å²) < 4.78 is 6.08. The molecular weight excluding hydrogens is 533 g/mol. The van der Waals surface area contributed by atoms with Crippen molar-refractivity contribution < 1.29 is 9.53 Å². The molecule has 0 bridgehead atoms. The van der Waals surface area contributed by atoms with Gasteiger partial charge in [0.05, 0.1) is 15.7 Å². The molecule has 7 nitrogen and oxygen atoms in total. The van der Waals surface area contributed by atoms with Gasteiger partial charge in [0.1, 0.15) is 12.2 Å². The van der Waals surface area contributed by atoms with Gasteiger partial charge in [-0.1, -0.05) is 59.6 Å². The molecule has 1 saturated heterocycles. The number of carbonyl (C=O) groups is 1. The Morgan fingerprint density at radius 2 is 1.85 bits per heavy atom. The molecule has 39 heavy (non-hydrogen) atoms. The Hall–Kier alpha value is -3.34. The van der Waals surface area contributed by atoms with Gasteiger partial charge in [-0.15, -0.1) is 0 Å². The first-order valence-corrected chi connectivity index (χ1v) is 13.8. The fourth-order valence-electron chi connectivity index (χ4n) is 5.87. The van der Waals surface area contributed by atoms with E-state index in [0.717, 1.165) is 12.8 Å². The summed E-state index contributed by atoms with van der Waals surface area (Å²) in [5.74, 6) is 0.509. The fourth-order valence-corrected chi connectivity index (χ4v) is 6.26. The highest BCUT2D eigenvalue weighted by atomic mass is 35.5. The number of anilines is 1. The molecule has 9 heteroatoms. The van der Waals surface area contributed by atoms with Gasteiger partial charge in [-0.2, -0.15) is 5.26 Å². The molecule has 1 spiro atoms. The van der Waals surface area contributed by atoms with E-state index in [-0.39, 0.29) is 22.8 Å². The highest BCUT2D eigenvalue weighted by molar-refractivity contribution is 6.43. The molecule has 1 fully saturated rings. The molecule has 1 aromatic heterocycles. The minimum Gasteiger partial charge on any atom is -0.445 e. The normalized spacial score (nSPS) is 18.0. The second kappa shape index (κ2) is 10.3. The van der Waals surface area contributed by atoms with Gasteiger partial charge in [0, 0.05) is 41.6 Å². The zero-order chi connectivity index (χ0) is 27.9. The van der Waals surface area contributed by atoms with E-state index in [9.17, 15) is 10.1 Å². The number of ether oxygens (including phenoxy) is 1. The number of aryl methyl sites for hydroxylation is 1. The summed E-state index contributed by atoms with van der Waals surface area (Å²) in [5, 5.41) is 13.7. The number of benzene rings is 2. The van der Waals surface area contributed by atoms with E-state index in [1.165, 1.54) is 11.1 Å². The molecule has 3 aromatic rings. The van der Waals surface area contributed by atoms with Crippen LogP contribution in [0.1, 0.15) is 56.1 Å². The first-order valence-electron chi connectivity index (χ1n) is 13.1. The first-order chi connectivity index (χ1) is 18.5. The number of hydrogen-bond donors (Lipinski definition) is 1. The summed E-state index contributed by atoms with van der Waals surface area (Å²) in [6.07, 6.45) is 1.57. The third-order valence-electron chi connectivity index (χ3n) is 7.65. The number of nitrogens with one attached hydrogen (secondary N) is 1. The van der Waals surface area contributed by atoms with E-state index < -0.39 is 6.09 Å². The lowest BCUT2D eigenvalue weighted by molar-refractivity contribution is 0.0397. The van der Waals surface area contributed by atoms with E-state index >= 15 is 0 Å². The van der Waals surface area contributed by atoms with Crippen molar-refractivity contribution in [3.8, 4) is 17.2 Å². The quantitative estimate of drug-likeness (QED) is 0.385. The van der Waals surface area contributed by atoms with Crippen LogP contribution >= 0.6 is 23.2 Å². The summed E-state index contributed by atoms with van der Waals surface area (Å²) >= 11 is 12.7. The van der Waals surface area contributed by atoms with Crippen LogP contribution in [-0.4, -0.2) is 40.8 Å². The van der Waals surface area contributed by atoms with Gasteiger partial charge in [0.25, 0.3) is 0 Å². The smallest absolute Gasteiger partial charge is 0.407 e. The van der Waals surface area contributed by atoms with Gasteiger partial charge in [-0.05, 0) is 57.7 Å². The van der Waals surface area contributed by atoms with Crippen LogP contribution in [0.2, 0.25) is 10.0 Å². The largest absolute Gasteiger partial charge is 0.445 e.